The zero-order valence-corrected chi connectivity index (χ0v) is 20.3. The molecule has 3 fully saturated rings. The van der Waals surface area contributed by atoms with Gasteiger partial charge in [-0.3, -0.25) is 4.79 Å². The molecular weight excluding hydrogens is 402 g/mol. The third-order valence-electron chi connectivity index (χ3n) is 9.82. The van der Waals surface area contributed by atoms with E-state index in [0.717, 1.165) is 18.8 Å². The molecule has 1 heterocycles. The standard InChI is InChI=1S/C31H37NO/c1-3-6-23-10-16-29-27-14-9-22-19-25(33)13-15-26(22)30(27)28(20-31(23,29)2)21-7-11-24(12-8-21)32-17-4-5-18-32/h7-8,11-12,19,23,27-29H,4-5,9-10,13-18,20H2,1-2H3/t23-,27+,28-,29+,31-/m1/s1. The molecule has 0 unspecified atom stereocenters. The van der Waals surface area contributed by atoms with E-state index >= 15 is 0 Å². The Kier molecular flexibility index (Phi) is 5.28. The molecule has 4 aliphatic carbocycles. The Labute approximate surface area is 199 Å². The van der Waals surface area contributed by atoms with Crippen molar-refractivity contribution in [1.29, 1.82) is 0 Å². The molecule has 1 aromatic carbocycles. The van der Waals surface area contributed by atoms with E-state index in [2.05, 4.69) is 47.9 Å². The molecule has 0 radical (unpaired) electrons. The van der Waals surface area contributed by atoms with Gasteiger partial charge in [-0.25, -0.2) is 0 Å². The lowest BCUT2D eigenvalue weighted by molar-refractivity contribution is -0.114. The van der Waals surface area contributed by atoms with Gasteiger partial charge in [0.1, 0.15) is 0 Å². The highest BCUT2D eigenvalue weighted by Crippen LogP contribution is 2.65. The molecule has 5 aliphatic rings. The summed E-state index contributed by atoms with van der Waals surface area (Å²) >= 11 is 0. The lowest BCUT2D eigenvalue weighted by Crippen LogP contribution is -2.43. The zero-order chi connectivity index (χ0) is 22.6. The molecule has 5 atom stereocenters. The normalized spacial score (nSPS) is 35.4. The van der Waals surface area contributed by atoms with Crippen LogP contribution in [0.3, 0.4) is 0 Å². The van der Waals surface area contributed by atoms with Gasteiger partial charge in [-0.15, -0.1) is 5.92 Å². The van der Waals surface area contributed by atoms with Gasteiger partial charge in [0.2, 0.25) is 0 Å². The van der Waals surface area contributed by atoms with Crippen molar-refractivity contribution in [2.75, 3.05) is 18.0 Å². The second-order valence-corrected chi connectivity index (χ2v) is 11.4. The Morgan fingerprint density at radius 1 is 1.00 bits per heavy atom. The van der Waals surface area contributed by atoms with Crippen LogP contribution in [-0.4, -0.2) is 18.9 Å². The highest BCUT2D eigenvalue weighted by Gasteiger charge is 2.56. The quantitative estimate of drug-likeness (QED) is 0.471. The Bertz CT molecular complexity index is 1070. The minimum absolute atomic E-state index is 0.293. The van der Waals surface area contributed by atoms with E-state index < -0.39 is 0 Å². The number of anilines is 1. The lowest BCUT2D eigenvalue weighted by Gasteiger charge is -2.52. The first-order chi connectivity index (χ1) is 16.1. The van der Waals surface area contributed by atoms with Crippen molar-refractivity contribution in [3.63, 3.8) is 0 Å². The molecule has 2 heteroatoms. The minimum Gasteiger partial charge on any atom is -0.372 e. The van der Waals surface area contributed by atoms with Crippen molar-refractivity contribution in [1.82, 2.24) is 0 Å². The van der Waals surface area contributed by atoms with Crippen LogP contribution in [0.4, 0.5) is 5.69 Å². The Balaban J connectivity index is 1.44. The summed E-state index contributed by atoms with van der Waals surface area (Å²) in [4.78, 5) is 14.8. The largest absolute Gasteiger partial charge is 0.372 e. The number of rotatable bonds is 2. The lowest BCUT2D eigenvalue weighted by atomic mass is 9.52. The molecule has 0 spiro atoms. The first kappa shape index (κ1) is 21.3. The van der Waals surface area contributed by atoms with E-state index in [4.69, 9.17) is 0 Å². The van der Waals surface area contributed by atoms with Crippen LogP contribution in [-0.2, 0) is 4.79 Å². The van der Waals surface area contributed by atoms with E-state index in [9.17, 15) is 4.79 Å². The monoisotopic (exact) mass is 439 g/mol. The molecule has 6 rings (SSSR count). The Hall–Kier alpha value is -2.27. The van der Waals surface area contributed by atoms with Crippen LogP contribution >= 0.6 is 0 Å². The summed E-state index contributed by atoms with van der Waals surface area (Å²) in [6.07, 6.45) is 12.4. The van der Waals surface area contributed by atoms with Crippen molar-refractivity contribution >= 4 is 11.5 Å². The predicted octanol–water partition coefficient (Wildman–Crippen LogP) is 6.83. The molecule has 1 aliphatic heterocycles. The summed E-state index contributed by atoms with van der Waals surface area (Å²) in [5.74, 6) is 9.63. The molecule has 2 nitrogen and oxygen atoms in total. The second-order valence-electron chi connectivity index (χ2n) is 11.4. The van der Waals surface area contributed by atoms with Gasteiger partial charge in [-0.1, -0.05) is 30.6 Å². The maximum atomic E-state index is 12.2. The highest BCUT2D eigenvalue weighted by atomic mass is 16.1. The summed E-state index contributed by atoms with van der Waals surface area (Å²) in [7, 11) is 0. The van der Waals surface area contributed by atoms with E-state index in [1.165, 1.54) is 68.4 Å². The molecule has 33 heavy (non-hydrogen) atoms. The van der Waals surface area contributed by atoms with Crippen LogP contribution in [0.15, 0.2) is 47.1 Å². The molecular formula is C31H37NO. The number of carbonyl (C=O) groups excluding carboxylic acids is 1. The van der Waals surface area contributed by atoms with Gasteiger partial charge < -0.3 is 4.90 Å². The van der Waals surface area contributed by atoms with Gasteiger partial charge in [0, 0.05) is 37.0 Å². The van der Waals surface area contributed by atoms with Gasteiger partial charge in [-0.05, 0) is 110 Å². The number of fused-ring (bicyclic) bond motifs is 4. The van der Waals surface area contributed by atoms with E-state index in [0.29, 0.717) is 35.4 Å². The molecule has 0 bridgehead atoms. The molecule has 0 aromatic heterocycles. The molecule has 1 saturated heterocycles. The third kappa shape index (κ3) is 3.42. The molecule has 0 amide bonds. The van der Waals surface area contributed by atoms with Gasteiger partial charge in [-0.2, -0.15) is 0 Å². The van der Waals surface area contributed by atoms with E-state index in [1.807, 2.05) is 13.0 Å². The number of carbonyl (C=O) groups is 1. The zero-order valence-electron chi connectivity index (χ0n) is 20.3. The van der Waals surface area contributed by atoms with Crippen LogP contribution in [0.25, 0.3) is 0 Å². The van der Waals surface area contributed by atoms with Crippen LogP contribution in [0, 0.1) is 35.0 Å². The summed E-state index contributed by atoms with van der Waals surface area (Å²) < 4.78 is 0. The summed E-state index contributed by atoms with van der Waals surface area (Å²) in [5.41, 5.74) is 7.80. The average Bonchev–Trinajstić information content (AvgIpc) is 3.47. The summed E-state index contributed by atoms with van der Waals surface area (Å²) in [5, 5.41) is 0. The fraction of sp³-hybridized carbons (Fsp3) is 0.581. The van der Waals surface area contributed by atoms with Crippen LogP contribution in [0.5, 0.6) is 0 Å². The summed E-state index contributed by atoms with van der Waals surface area (Å²) in [6.45, 7) is 6.96. The molecule has 172 valence electrons. The van der Waals surface area contributed by atoms with Crippen LogP contribution in [0.1, 0.15) is 83.1 Å². The maximum Gasteiger partial charge on any atom is 0.156 e. The number of benzene rings is 1. The third-order valence-corrected chi connectivity index (χ3v) is 9.82. The van der Waals surface area contributed by atoms with E-state index in [-0.39, 0.29) is 0 Å². The highest BCUT2D eigenvalue weighted by molar-refractivity contribution is 5.93. The first-order valence-electron chi connectivity index (χ1n) is 13.3. The fourth-order valence-electron chi connectivity index (χ4n) is 8.26. The Morgan fingerprint density at radius 2 is 1.79 bits per heavy atom. The van der Waals surface area contributed by atoms with Crippen molar-refractivity contribution in [3.8, 4) is 11.8 Å². The van der Waals surface area contributed by atoms with Crippen molar-refractivity contribution < 1.29 is 4.79 Å². The number of allylic oxidation sites excluding steroid dienone is 4. The smallest absolute Gasteiger partial charge is 0.156 e. The van der Waals surface area contributed by atoms with Crippen molar-refractivity contribution in [2.45, 2.75) is 77.6 Å². The SMILES string of the molecule is CC#C[C@@H]1CC[C@H]2[C@@H]3CCC4=CC(=O)CCC4=C3[C@@H](c3ccc(N4CCCC4)cc3)C[C@]12C. The van der Waals surface area contributed by atoms with Gasteiger partial charge in [0.25, 0.3) is 0 Å². The number of hydrogen-bond donors (Lipinski definition) is 0. The van der Waals surface area contributed by atoms with Crippen LogP contribution < -0.4 is 4.90 Å². The van der Waals surface area contributed by atoms with Gasteiger partial charge in [0.15, 0.2) is 5.78 Å². The van der Waals surface area contributed by atoms with Gasteiger partial charge >= 0.3 is 0 Å². The van der Waals surface area contributed by atoms with E-state index in [1.54, 1.807) is 11.1 Å². The minimum atomic E-state index is 0.293. The molecule has 1 aromatic rings. The number of nitrogens with zero attached hydrogens (tertiary/aromatic N) is 1. The van der Waals surface area contributed by atoms with Crippen molar-refractivity contribution in [3.05, 3.63) is 52.6 Å². The first-order valence-corrected chi connectivity index (χ1v) is 13.3. The summed E-state index contributed by atoms with van der Waals surface area (Å²) in [6, 6.07) is 9.59. The topological polar surface area (TPSA) is 20.3 Å². The molecule has 0 N–H and O–H groups in total. The second kappa shape index (κ2) is 8.19. The fourth-order valence-corrected chi connectivity index (χ4v) is 8.26. The predicted molar refractivity (Wildman–Crippen MR) is 135 cm³/mol. The average molecular weight is 440 g/mol. The maximum absolute atomic E-state index is 12.2. The van der Waals surface area contributed by atoms with Crippen LogP contribution in [0.2, 0.25) is 0 Å². The number of ketones is 1. The van der Waals surface area contributed by atoms with Gasteiger partial charge in [0.05, 0.1) is 0 Å². The van der Waals surface area contributed by atoms with Crippen molar-refractivity contribution in [2.24, 2.45) is 23.2 Å². The number of hydrogen-bond acceptors (Lipinski definition) is 2. The Morgan fingerprint density at radius 3 is 2.55 bits per heavy atom. The molecule has 2 saturated carbocycles.